The summed E-state index contributed by atoms with van der Waals surface area (Å²) >= 11 is 12.1. The molecule has 0 amide bonds. The highest BCUT2D eigenvalue weighted by molar-refractivity contribution is 6.35. The maximum Gasteiger partial charge on any atom is 0.0649 e. The molecule has 0 atom stereocenters. The van der Waals surface area contributed by atoms with E-state index < -0.39 is 0 Å². The Morgan fingerprint density at radius 3 is 2.40 bits per heavy atom. The van der Waals surface area contributed by atoms with Gasteiger partial charge in [-0.15, -0.1) is 0 Å². The number of halogens is 2. The molecule has 1 aromatic rings. The first-order chi connectivity index (χ1) is 7.27. The minimum Gasteiger partial charge on any atom is -0.314 e. The van der Waals surface area contributed by atoms with E-state index in [4.69, 9.17) is 23.2 Å². The van der Waals surface area contributed by atoms with Crippen molar-refractivity contribution in [2.75, 3.05) is 26.2 Å². The van der Waals surface area contributed by atoms with Crippen molar-refractivity contribution in [2.45, 2.75) is 6.54 Å². The van der Waals surface area contributed by atoms with Crippen molar-refractivity contribution in [1.29, 1.82) is 0 Å². The highest BCUT2D eigenvalue weighted by Crippen LogP contribution is 2.24. The molecular formula is C10H13Cl2N3. The van der Waals surface area contributed by atoms with Gasteiger partial charge in [-0.3, -0.25) is 9.88 Å². The number of hydrogen-bond donors (Lipinski definition) is 1. The Balaban J connectivity index is 2.09. The standard InChI is InChI=1S/C10H13Cl2N3/c11-9-5-14-6-10(12)8(9)7-15-3-1-13-2-4-15/h5-6,13H,1-4,7H2. The number of nitrogens with one attached hydrogen (secondary N) is 1. The second-order valence-electron chi connectivity index (χ2n) is 3.61. The highest BCUT2D eigenvalue weighted by atomic mass is 35.5. The van der Waals surface area contributed by atoms with E-state index in [0.717, 1.165) is 38.3 Å². The molecule has 2 heterocycles. The monoisotopic (exact) mass is 245 g/mol. The molecule has 0 spiro atoms. The summed E-state index contributed by atoms with van der Waals surface area (Å²) in [4.78, 5) is 6.28. The van der Waals surface area contributed by atoms with E-state index in [1.807, 2.05) is 0 Å². The van der Waals surface area contributed by atoms with E-state index in [0.29, 0.717) is 10.0 Å². The zero-order chi connectivity index (χ0) is 10.7. The lowest BCUT2D eigenvalue weighted by atomic mass is 10.2. The van der Waals surface area contributed by atoms with E-state index in [-0.39, 0.29) is 0 Å². The zero-order valence-corrected chi connectivity index (χ0v) is 9.85. The van der Waals surface area contributed by atoms with Crippen LogP contribution in [0.3, 0.4) is 0 Å². The fraction of sp³-hybridized carbons (Fsp3) is 0.500. The summed E-state index contributed by atoms with van der Waals surface area (Å²) in [6.07, 6.45) is 3.29. The van der Waals surface area contributed by atoms with Crippen LogP contribution in [0.25, 0.3) is 0 Å². The van der Waals surface area contributed by atoms with Crippen molar-refractivity contribution in [1.82, 2.24) is 15.2 Å². The summed E-state index contributed by atoms with van der Waals surface area (Å²) in [5.41, 5.74) is 0.982. The second-order valence-corrected chi connectivity index (χ2v) is 4.42. The molecule has 1 fully saturated rings. The highest BCUT2D eigenvalue weighted by Gasteiger charge is 2.13. The molecule has 15 heavy (non-hydrogen) atoms. The van der Waals surface area contributed by atoms with Crippen LogP contribution in [0.5, 0.6) is 0 Å². The zero-order valence-electron chi connectivity index (χ0n) is 8.34. The van der Waals surface area contributed by atoms with Crippen molar-refractivity contribution in [3.63, 3.8) is 0 Å². The van der Waals surface area contributed by atoms with Crippen LogP contribution >= 0.6 is 23.2 Å². The predicted octanol–water partition coefficient (Wildman–Crippen LogP) is 1.79. The Morgan fingerprint density at radius 2 is 1.80 bits per heavy atom. The minimum atomic E-state index is 0.654. The van der Waals surface area contributed by atoms with Crippen molar-refractivity contribution in [3.8, 4) is 0 Å². The summed E-state index contributed by atoms with van der Waals surface area (Å²) < 4.78 is 0. The first kappa shape index (κ1) is 11.1. The van der Waals surface area contributed by atoms with Gasteiger partial charge < -0.3 is 5.32 Å². The van der Waals surface area contributed by atoms with E-state index in [1.165, 1.54) is 0 Å². The Morgan fingerprint density at radius 1 is 1.20 bits per heavy atom. The van der Waals surface area contributed by atoms with Gasteiger partial charge in [0.2, 0.25) is 0 Å². The van der Waals surface area contributed by atoms with Gasteiger partial charge in [-0.25, -0.2) is 0 Å². The molecule has 1 aliphatic heterocycles. The molecule has 0 aromatic carbocycles. The smallest absolute Gasteiger partial charge is 0.0649 e. The van der Waals surface area contributed by atoms with Crippen LogP contribution in [0.2, 0.25) is 10.0 Å². The molecule has 0 radical (unpaired) electrons. The molecule has 5 heteroatoms. The first-order valence-electron chi connectivity index (χ1n) is 4.98. The molecule has 1 saturated heterocycles. The van der Waals surface area contributed by atoms with Gasteiger partial charge in [0, 0.05) is 50.7 Å². The van der Waals surface area contributed by atoms with Gasteiger partial charge in [-0.2, -0.15) is 0 Å². The van der Waals surface area contributed by atoms with Gasteiger partial charge in [-0.1, -0.05) is 23.2 Å². The fourth-order valence-electron chi connectivity index (χ4n) is 1.68. The molecule has 0 aliphatic carbocycles. The molecule has 1 aromatic heterocycles. The number of nitrogens with zero attached hydrogens (tertiary/aromatic N) is 2. The summed E-state index contributed by atoms with van der Waals surface area (Å²) in [7, 11) is 0. The van der Waals surface area contributed by atoms with Crippen LogP contribution in [-0.2, 0) is 6.54 Å². The third-order valence-electron chi connectivity index (χ3n) is 2.54. The van der Waals surface area contributed by atoms with Crippen molar-refractivity contribution >= 4 is 23.2 Å². The summed E-state index contributed by atoms with van der Waals surface area (Å²) in [5.74, 6) is 0. The van der Waals surface area contributed by atoms with Crippen molar-refractivity contribution in [3.05, 3.63) is 28.0 Å². The average Bonchev–Trinajstić information content (AvgIpc) is 2.25. The molecule has 0 bridgehead atoms. The van der Waals surface area contributed by atoms with Crippen molar-refractivity contribution in [2.24, 2.45) is 0 Å². The lowest BCUT2D eigenvalue weighted by Crippen LogP contribution is -2.42. The number of rotatable bonds is 2. The summed E-state index contributed by atoms with van der Waals surface area (Å²) in [6.45, 7) is 4.94. The summed E-state index contributed by atoms with van der Waals surface area (Å²) in [5, 5.41) is 4.62. The van der Waals surface area contributed by atoms with Crippen molar-refractivity contribution < 1.29 is 0 Å². The van der Waals surface area contributed by atoms with Gasteiger partial charge in [0.15, 0.2) is 0 Å². The Bertz CT molecular complexity index is 317. The van der Waals surface area contributed by atoms with Crippen LogP contribution in [-0.4, -0.2) is 36.1 Å². The van der Waals surface area contributed by atoms with Crippen LogP contribution in [0.15, 0.2) is 12.4 Å². The van der Waals surface area contributed by atoms with E-state index in [9.17, 15) is 0 Å². The van der Waals surface area contributed by atoms with Crippen LogP contribution < -0.4 is 5.32 Å². The molecule has 82 valence electrons. The quantitative estimate of drug-likeness (QED) is 0.862. The fourth-order valence-corrected chi connectivity index (χ4v) is 2.17. The summed E-state index contributed by atoms with van der Waals surface area (Å²) in [6, 6.07) is 0. The maximum atomic E-state index is 6.06. The van der Waals surface area contributed by atoms with Gasteiger partial charge in [0.1, 0.15) is 0 Å². The Kier molecular flexibility index (Phi) is 3.81. The topological polar surface area (TPSA) is 28.2 Å². The number of aromatic nitrogens is 1. The van der Waals surface area contributed by atoms with Gasteiger partial charge in [-0.05, 0) is 0 Å². The second kappa shape index (κ2) is 5.12. The first-order valence-corrected chi connectivity index (χ1v) is 5.74. The minimum absolute atomic E-state index is 0.654. The van der Waals surface area contributed by atoms with Crippen LogP contribution in [0, 0.1) is 0 Å². The molecule has 2 rings (SSSR count). The third-order valence-corrected chi connectivity index (χ3v) is 3.20. The largest absolute Gasteiger partial charge is 0.314 e. The molecule has 0 unspecified atom stereocenters. The van der Waals surface area contributed by atoms with E-state index >= 15 is 0 Å². The van der Waals surface area contributed by atoms with Crippen LogP contribution in [0.4, 0.5) is 0 Å². The lowest BCUT2D eigenvalue weighted by Gasteiger charge is -2.27. The predicted molar refractivity (Wildman–Crippen MR) is 62.4 cm³/mol. The number of hydrogen-bond acceptors (Lipinski definition) is 3. The van der Waals surface area contributed by atoms with Gasteiger partial charge in [0.25, 0.3) is 0 Å². The Hall–Kier alpha value is -0.350. The van der Waals surface area contributed by atoms with E-state index in [2.05, 4.69) is 15.2 Å². The average molecular weight is 246 g/mol. The maximum absolute atomic E-state index is 6.06. The van der Waals surface area contributed by atoms with Gasteiger partial charge in [0.05, 0.1) is 10.0 Å². The Labute approximate surface area is 99.4 Å². The number of pyridine rings is 1. The lowest BCUT2D eigenvalue weighted by molar-refractivity contribution is 0.233. The normalized spacial score (nSPS) is 18.0. The molecule has 1 aliphatic rings. The number of piperazine rings is 1. The third kappa shape index (κ3) is 2.82. The molecule has 1 N–H and O–H groups in total. The molecule has 0 saturated carbocycles. The SMILES string of the molecule is Clc1cncc(Cl)c1CN1CCNCC1. The van der Waals surface area contributed by atoms with Gasteiger partial charge >= 0.3 is 0 Å². The van der Waals surface area contributed by atoms with E-state index in [1.54, 1.807) is 12.4 Å². The molecular weight excluding hydrogens is 233 g/mol. The van der Waals surface area contributed by atoms with Crippen LogP contribution in [0.1, 0.15) is 5.56 Å². The molecule has 3 nitrogen and oxygen atoms in total.